The van der Waals surface area contributed by atoms with Crippen LogP contribution in [0.1, 0.15) is 49.1 Å². The smallest absolute Gasteiger partial charge is 0.349 e. The number of rotatable bonds is 8. The Bertz CT molecular complexity index is 857. The highest BCUT2D eigenvalue weighted by atomic mass is 16.5. The van der Waals surface area contributed by atoms with Crippen molar-refractivity contribution in [1.82, 2.24) is 9.88 Å². The first-order valence-electron chi connectivity index (χ1n) is 10.2. The van der Waals surface area contributed by atoms with E-state index in [1.54, 1.807) is 7.11 Å². The summed E-state index contributed by atoms with van der Waals surface area (Å²) >= 11 is 0. The number of ether oxygens (including phenoxy) is 2. The molecular weight excluding hydrogens is 386 g/mol. The van der Waals surface area contributed by atoms with Gasteiger partial charge in [-0.05, 0) is 44.4 Å². The Balaban J connectivity index is 1.95. The maximum Gasteiger partial charge on any atom is 0.349 e. The zero-order valence-corrected chi connectivity index (χ0v) is 17.8. The van der Waals surface area contributed by atoms with Gasteiger partial charge in [0.25, 0.3) is 5.91 Å². The molecule has 1 aliphatic rings. The molecular formula is C22H29N3O5. The first-order valence-corrected chi connectivity index (χ1v) is 10.2. The fourth-order valence-corrected chi connectivity index (χ4v) is 3.64. The number of hydrogen-bond acceptors (Lipinski definition) is 6. The predicted octanol–water partition coefficient (Wildman–Crippen LogP) is 2.42. The minimum atomic E-state index is -0.903. The number of carbonyl (C=O) groups is 3. The van der Waals surface area contributed by atoms with Gasteiger partial charge in [0.1, 0.15) is 11.6 Å². The third kappa shape index (κ3) is 6.29. The maximum atomic E-state index is 12.2. The Morgan fingerprint density at radius 3 is 2.60 bits per heavy atom. The van der Waals surface area contributed by atoms with E-state index in [0.717, 1.165) is 43.5 Å². The third-order valence-corrected chi connectivity index (χ3v) is 5.34. The average Bonchev–Trinajstić information content (AvgIpc) is 3.01. The van der Waals surface area contributed by atoms with Crippen LogP contribution in [0.5, 0.6) is 0 Å². The molecule has 0 aliphatic heterocycles. The van der Waals surface area contributed by atoms with Crippen LogP contribution in [0.4, 0.5) is 0 Å². The second kappa shape index (κ2) is 11.3. The number of nitrogens with zero attached hydrogens (tertiary/aromatic N) is 2. The molecule has 8 nitrogen and oxygen atoms in total. The molecule has 0 atom stereocenters. The summed E-state index contributed by atoms with van der Waals surface area (Å²) in [5.41, 5.74) is 2.37. The summed E-state index contributed by atoms with van der Waals surface area (Å²) in [5, 5.41) is 11.6. The summed E-state index contributed by atoms with van der Waals surface area (Å²) in [5.74, 6) is -2.08. The topological polar surface area (TPSA) is 110 Å². The van der Waals surface area contributed by atoms with Crippen molar-refractivity contribution in [3.05, 3.63) is 28.6 Å². The molecule has 0 radical (unpaired) electrons. The van der Waals surface area contributed by atoms with Gasteiger partial charge in [0.05, 0.1) is 6.61 Å². The normalized spacial score (nSPS) is 14.8. The highest BCUT2D eigenvalue weighted by Crippen LogP contribution is 2.23. The van der Waals surface area contributed by atoms with Crippen LogP contribution in [0, 0.1) is 31.1 Å². The number of methoxy groups -OCH3 is 1. The highest BCUT2D eigenvalue weighted by Gasteiger charge is 2.23. The van der Waals surface area contributed by atoms with Gasteiger partial charge in [-0.2, -0.15) is 5.26 Å². The van der Waals surface area contributed by atoms with Gasteiger partial charge in [0, 0.05) is 31.0 Å². The van der Waals surface area contributed by atoms with Crippen molar-refractivity contribution in [1.29, 1.82) is 5.26 Å². The number of imide groups is 1. The Labute approximate surface area is 176 Å². The van der Waals surface area contributed by atoms with Crippen LogP contribution in [0.3, 0.4) is 0 Å². The quantitative estimate of drug-likeness (QED) is 0.397. The Kier molecular flexibility index (Phi) is 8.81. The largest absolute Gasteiger partial charge is 0.451 e. The van der Waals surface area contributed by atoms with E-state index in [1.807, 2.05) is 30.6 Å². The van der Waals surface area contributed by atoms with Crippen molar-refractivity contribution in [2.24, 2.45) is 5.92 Å². The molecule has 0 aromatic carbocycles. The average molecular weight is 415 g/mol. The zero-order chi connectivity index (χ0) is 22.1. The van der Waals surface area contributed by atoms with Gasteiger partial charge in [0.15, 0.2) is 6.61 Å². The van der Waals surface area contributed by atoms with Gasteiger partial charge >= 0.3 is 5.97 Å². The van der Waals surface area contributed by atoms with Gasteiger partial charge in [-0.3, -0.25) is 14.9 Å². The number of nitriles is 1. The highest BCUT2D eigenvalue weighted by molar-refractivity contribution is 6.01. The van der Waals surface area contributed by atoms with E-state index in [-0.39, 0.29) is 17.4 Å². The molecule has 1 aromatic heterocycles. The van der Waals surface area contributed by atoms with Gasteiger partial charge in [-0.15, -0.1) is 0 Å². The molecule has 1 N–H and O–H groups in total. The van der Waals surface area contributed by atoms with Crippen LogP contribution in [0.15, 0.2) is 11.6 Å². The van der Waals surface area contributed by atoms with Crippen LogP contribution < -0.4 is 5.32 Å². The van der Waals surface area contributed by atoms with E-state index in [9.17, 15) is 19.6 Å². The molecule has 30 heavy (non-hydrogen) atoms. The second-order valence-corrected chi connectivity index (χ2v) is 7.46. The van der Waals surface area contributed by atoms with E-state index in [2.05, 4.69) is 5.32 Å². The van der Waals surface area contributed by atoms with E-state index >= 15 is 0 Å². The number of carbonyl (C=O) groups excluding carboxylic acids is 3. The molecule has 2 amide bonds. The van der Waals surface area contributed by atoms with Crippen molar-refractivity contribution < 1.29 is 23.9 Å². The molecule has 0 saturated heterocycles. The van der Waals surface area contributed by atoms with Crippen molar-refractivity contribution in [2.45, 2.75) is 52.5 Å². The van der Waals surface area contributed by atoms with Gasteiger partial charge in [-0.1, -0.05) is 19.3 Å². The van der Waals surface area contributed by atoms with Crippen molar-refractivity contribution >= 4 is 23.9 Å². The zero-order valence-electron chi connectivity index (χ0n) is 17.8. The molecule has 8 heteroatoms. The van der Waals surface area contributed by atoms with Gasteiger partial charge < -0.3 is 14.0 Å². The number of hydrogen-bond donors (Lipinski definition) is 1. The summed E-state index contributed by atoms with van der Waals surface area (Å²) < 4.78 is 12.1. The summed E-state index contributed by atoms with van der Waals surface area (Å²) in [4.78, 5) is 36.3. The Hall–Kier alpha value is -2.92. The lowest BCUT2D eigenvalue weighted by atomic mass is 9.89. The summed E-state index contributed by atoms with van der Waals surface area (Å²) in [6.07, 6.45) is 6.03. The third-order valence-electron chi connectivity index (χ3n) is 5.34. The van der Waals surface area contributed by atoms with Crippen molar-refractivity contribution in [2.75, 3.05) is 20.3 Å². The van der Waals surface area contributed by atoms with Crippen LogP contribution in [-0.4, -0.2) is 42.7 Å². The second-order valence-electron chi connectivity index (χ2n) is 7.46. The number of amides is 2. The standard InChI is InChI=1S/C22H29N3O5/c1-15-11-18(16(2)25(15)9-10-29-3)12-19(13-23)22(28)30-14-20(26)24-21(27)17-7-5-4-6-8-17/h11-12,17H,4-10,14H2,1-3H3,(H,24,26,27)/b19-12+. The molecule has 0 bridgehead atoms. The number of esters is 1. The minimum Gasteiger partial charge on any atom is -0.451 e. The Morgan fingerprint density at radius 2 is 1.97 bits per heavy atom. The van der Waals surface area contributed by atoms with Gasteiger partial charge in [0.2, 0.25) is 5.91 Å². The fourth-order valence-electron chi connectivity index (χ4n) is 3.64. The van der Waals surface area contributed by atoms with E-state index in [0.29, 0.717) is 18.7 Å². The fraction of sp³-hybridized carbons (Fsp3) is 0.545. The predicted molar refractivity (Wildman–Crippen MR) is 110 cm³/mol. The molecule has 162 valence electrons. The lowest BCUT2D eigenvalue weighted by Gasteiger charge is -2.20. The summed E-state index contributed by atoms with van der Waals surface area (Å²) in [7, 11) is 1.62. The summed E-state index contributed by atoms with van der Waals surface area (Å²) in [6, 6.07) is 3.69. The molecule has 0 spiro atoms. The summed E-state index contributed by atoms with van der Waals surface area (Å²) in [6.45, 7) is 4.41. The van der Waals surface area contributed by atoms with E-state index in [4.69, 9.17) is 9.47 Å². The van der Waals surface area contributed by atoms with Crippen molar-refractivity contribution in [3.8, 4) is 6.07 Å². The van der Waals surface area contributed by atoms with E-state index in [1.165, 1.54) is 6.08 Å². The molecule has 0 unspecified atom stereocenters. The van der Waals surface area contributed by atoms with Crippen LogP contribution >= 0.6 is 0 Å². The SMILES string of the molecule is COCCn1c(C)cc(/C=C(\C#N)C(=O)OCC(=O)NC(=O)C2CCCCC2)c1C. The lowest BCUT2D eigenvalue weighted by Crippen LogP contribution is -2.39. The van der Waals surface area contributed by atoms with Gasteiger partial charge in [-0.25, -0.2) is 4.79 Å². The molecule has 1 aliphatic carbocycles. The number of aromatic nitrogens is 1. The maximum absolute atomic E-state index is 12.2. The lowest BCUT2D eigenvalue weighted by molar-refractivity contribution is -0.146. The first-order chi connectivity index (χ1) is 14.4. The molecule has 2 rings (SSSR count). The monoisotopic (exact) mass is 415 g/mol. The van der Waals surface area contributed by atoms with Crippen LogP contribution in [0.25, 0.3) is 6.08 Å². The Morgan fingerprint density at radius 1 is 1.27 bits per heavy atom. The number of aryl methyl sites for hydroxylation is 1. The molecule has 1 heterocycles. The molecule has 1 fully saturated rings. The molecule has 1 aromatic rings. The first kappa shape index (κ1) is 23.4. The number of nitrogens with one attached hydrogen (secondary N) is 1. The van der Waals surface area contributed by atoms with E-state index < -0.39 is 18.5 Å². The molecule has 1 saturated carbocycles. The van der Waals surface area contributed by atoms with Crippen molar-refractivity contribution in [3.63, 3.8) is 0 Å². The van der Waals surface area contributed by atoms with Crippen LogP contribution in [0.2, 0.25) is 0 Å². The van der Waals surface area contributed by atoms with Crippen LogP contribution in [-0.2, 0) is 30.4 Å². The minimum absolute atomic E-state index is 0.165.